The summed E-state index contributed by atoms with van der Waals surface area (Å²) in [6.45, 7) is 5.64. The van der Waals surface area contributed by atoms with Crippen LogP contribution in [0.5, 0.6) is 0 Å². The third kappa shape index (κ3) is 4.05. The fourth-order valence-electron chi connectivity index (χ4n) is 5.18. The molecule has 3 aromatic heterocycles. The number of carbonyl (C=O) groups excluding carboxylic acids is 1. The molecule has 1 amide bonds. The van der Waals surface area contributed by atoms with Crippen molar-refractivity contribution >= 4 is 28.1 Å². The number of nitrogens with zero attached hydrogens (tertiary/aromatic N) is 6. The molecule has 3 N–H and O–H groups in total. The van der Waals surface area contributed by atoms with Crippen molar-refractivity contribution in [2.45, 2.75) is 50.9 Å². The van der Waals surface area contributed by atoms with Crippen LogP contribution in [0.25, 0.3) is 22.2 Å². The number of amides is 1. The van der Waals surface area contributed by atoms with Gasteiger partial charge in [0.05, 0.1) is 35.1 Å². The normalized spacial score (nSPS) is 22.8. The number of likely N-dealkylation sites (tertiary alicyclic amines) is 1. The van der Waals surface area contributed by atoms with Gasteiger partial charge in [-0.25, -0.2) is 14.8 Å². The van der Waals surface area contributed by atoms with Gasteiger partial charge in [-0.1, -0.05) is 13.8 Å². The first-order valence-electron chi connectivity index (χ1n) is 12.2. The summed E-state index contributed by atoms with van der Waals surface area (Å²) in [5.41, 5.74) is -0.343. The summed E-state index contributed by atoms with van der Waals surface area (Å²) in [6, 6.07) is 4.39. The summed E-state index contributed by atoms with van der Waals surface area (Å²) >= 11 is 0. The molecule has 0 unspecified atom stereocenters. The third-order valence-electron chi connectivity index (χ3n) is 7.28. The number of nitrogens with one attached hydrogen (secondary N) is 1. The van der Waals surface area contributed by atoms with E-state index < -0.39 is 29.0 Å². The number of benzene rings is 1. The Morgan fingerprint density at radius 2 is 1.92 bits per heavy atom. The first-order valence-corrected chi connectivity index (χ1v) is 12.2. The summed E-state index contributed by atoms with van der Waals surface area (Å²) in [5, 5.41) is 22.2. The molecule has 12 nitrogen and oxygen atoms in total. The molecule has 4 heterocycles. The van der Waals surface area contributed by atoms with Crippen LogP contribution in [-0.4, -0.2) is 74.5 Å². The number of fused-ring (bicyclic) bond motifs is 2. The van der Waals surface area contributed by atoms with E-state index in [1.807, 2.05) is 13.8 Å². The topological polar surface area (TPSA) is 151 Å². The van der Waals surface area contributed by atoms with Crippen LogP contribution in [0.4, 0.5) is 0 Å². The van der Waals surface area contributed by atoms with E-state index in [9.17, 15) is 24.6 Å². The van der Waals surface area contributed by atoms with Crippen molar-refractivity contribution in [1.29, 1.82) is 0 Å². The molecule has 0 spiro atoms. The molecule has 4 aromatic rings. The number of aliphatic hydroxyl groups excluding tert-OH is 1. The second-order valence-electron chi connectivity index (χ2n) is 10.5. The SMILES string of the molecule is CC(C)c1nc2ccc(C(=O)N3C[C@H](O)C[C@](C)(O)[C@@H](n4cnc5c4c(=O)n(C)c(=O)n5C)C3)cc2[nH]1. The highest BCUT2D eigenvalue weighted by Crippen LogP contribution is 2.34. The minimum atomic E-state index is -1.48. The summed E-state index contributed by atoms with van der Waals surface area (Å²) < 4.78 is 3.76. The lowest BCUT2D eigenvalue weighted by Gasteiger charge is -2.34. The van der Waals surface area contributed by atoms with E-state index in [1.54, 1.807) is 25.1 Å². The van der Waals surface area contributed by atoms with Crippen LogP contribution in [0, 0.1) is 0 Å². The van der Waals surface area contributed by atoms with E-state index in [0.717, 1.165) is 21.4 Å². The van der Waals surface area contributed by atoms with Gasteiger partial charge in [0.15, 0.2) is 11.2 Å². The highest BCUT2D eigenvalue weighted by atomic mass is 16.3. The molecular weight excluding hydrogens is 478 g/mol. The highest BCUT2D eigenvalue weighted by molar-refractivity contribution is 5.97. The zero-order chi connectivity index (χ0) is 26.8. The van der Waals surface area contributed by atoms with Gasteiger partial charge in [0.25, 0.3) is 11.5 Å². The number of hydrogen-bond donors (Lipinski definition) is 3. The number of aromatic amines is 1. The van der Waals surface area contributed by atoms with E-state index in [2.05, 4.69) is 15.0 Å². The predicted molar refractivity (Wildman–Crippen MR) is 137 cm³/mol. The molecule has 5 rings (SSSR count). The average Bonchev–Trinajstić information content (AvgIpc) is 3.44. The number of aryl methyl sites for hydroxylation is 1. The smallest absolute Gasteiger partial charge is 0.332 e. The quantitative estimate of drug-likeness (QED) is 0.366. The zero-order valence-electron chi connectivity index (χ0n) is 21.5. The van der Waals surface area contributed by atoms with E-state index >= 15 is 0 Å². The maximum atomic E-state index is 13.7. The Balaban J connectivity index is 1.57. The van der Waals surface area contributed by atoms with E-state index in [4.69, 9.17) is 0 Å². The van der Waals surface area contributed by atoms with Crippen molar-refractivity contribution in [2.24, 2.45) is 14.1 Å². The van der Waals surface area contributed by atoms with Gasteiger partial charge in [0, 0.05) is 45.1 Å². The monoisotopic (exact) mass is 509 g/mol. The molecule has 1 aliphatic rings. The van der Waals surface area contributed by atoms with Gasteiger partial charge in [0.1, 0.15) is 5.82 Å². The summed E-state index contributed by atoms with van der Waals surface area (Å²) in [4.78, 5) is 52.7. The van der Waals surface area contributed by atoms with Gasteiger partial charge >= 0.3 is 5.69 Å². The number of carbonyl (C=O) groups is 1. The first-order chi connectivity index (χ1) is 17.4. The molecular formula is C25H31N7O5. The minimum Gasteiger partial charge on any atom is -0.391 e. The Morgan fingerprint density at radius 3 is 2.62 bits per heavy atom. The van der Waals surface area contributed by atoms with Crippen LogP contribution in [0.3, 0.4) is 0 Å². The van der Waals surface area contributed by atoms with Crippen molar-refractivity contribution in [2.75, 3.05) is 13.1 Å². The number of β-amino-alcohol motifs (C(OH)–C–C–N with tert-alkyl or cyclic N) is 1. The van der Waals surface area contributed by atoms with Crippen LogP contribution >= 0.6 is 0 Å². The zero-order valence-corrected chi connectivity index (χ0v) is 21.5. The van der Waals surface area contributed by atoms with Crippen molar-refractivity contribution in [1.82, 2.24) is 33.6 Å². The second-order valence-corrected chi connectivity index (χ2v) is 10.5. The molecule has 3 atom stereocenters. The average molecular weight is 510 g/mol. The maximum absolute atomic E-state index is 13.7. The lowest BCUT2D eigenvalue weighted by atomic mass is 9.91. The predicted octanol–water partition coefficient (Wildman–Crippen LogP) is 0.633. The van der Waals surface area contributed by atoms with Crippen molar-refractivity contribution < 1.29 is 15.0 Å². The van der Waals surface area contributed by atoms with Crippen LogP contribution in [-0.2, 0) is 14.1 Å². The molecule has 0 radical (unpaired) electrons. The Kier molecular flexibility index (Phi) is 5.83. The maximum Gasteiger partial charge on any atom is 0.332 e. The summed E-state index contributed by atoms with van der Waals surface area (Å²) in [6.07, 6.45) is 0.383. The van der Waals surface area contributed by atoms with E-state index in [0.29, 0.717) is 5.56 Å². The van der Waals surface area contributed by atoms with Gasteiger partial charge in [-0.3, -0.25) is 18.7 Å². The Bertz CT molecular complexity index is 1640. The molecule has 37 heavy (non-hydrogen) atoms. The van der Waals surface area contributed by atoms with Gasteiger partial charge in [-0.05, 0) is 25.1 Å². The Labute approximate surface area is 211 Å². The van der Waals surface area contributed by atoms with Crippen molar-refractivity contribution in [3.8, 4) is 0 Å². The van der Waals surface area contributed by atoms with Crippen LogP contribution in [0.1, 0.15) is 55.3 Å². The highest BCUT2D eigenvalue weighted by Gasteiger charge is 2.42. The molecule has 0 bridgehead atoms. The van der Waals surface area contributed by atoms with Gasteiger partial charge in [-0.2, -0.15) is 0 Å². The number of hydrogen-bond acceptors (Lipinski definition) is 7. The third-order valence-corrected chi connectivity index (χ3v) is 7.28. The number of rotatable bonds is 3. The molecule has 12 heteroatoms. The molecule has 1 aromatic carbocycles. The molecule has 0 saturated carbocycles. The standard InChI is InChI=1S/C25H31N7O5/c1-13(2)20-27-16-7-6-14(8-17(16)28-20)22(34)31-10-15(33)9-25(3,37)18(11-31)32-12-26-21-19(32)23(35)30(5)24(36)29(21)4/h6-8,12-13,15,18,33,37H,9-11H2,1-5H3,(H,27,28)/t15-,18+,25+/m1/s1. The molecule has 1 fully saturated rings. The molecule has 0 aliphatic carbocycles. The fourth-order valence-corrected chi connectivity index (χ4v) is 5.18. The van der Waals surface area contributed by atoms with E-state index in [1.165, 1.54) is 34.5 Å². The van der Waals surface area contributed by atoms with Crippen LogP contribution in [0.2, 0.25) is 0 Å². The number of H-pyrrole nitrogens is 1. The molecule has 196 valence electrons. The largest absolute Gasteiger partial charge is 0.391 e. The second kappa shape index (κ2) is 8.67. The summed E-state index contributed by atoms with van der Waals surface area (Å²) in [7, 11) is 2.89. The number of aromatic nitrogens is 6. The number of aliphatic hydroxyl groups is 2. The fraction of sp³-hybridized carbons (Fsp3) is 0.480. The molecule has 1 saturated heterocycles. The van der Waals surface area contributed by atoms with Crippen molar-refractivity contribution in [3.05, 3.63) is 56.8 Å². The Hall–Kier alpha value is -3.77. The van der Waals surface area contributed by atoms with E-state index in [-0.39, 0.29) is 42.5 Å². The first kappa shape index (κ1) is 24.9. The lowest BCUT2D eigenvalue weighted by molar-refractivity contribution is -0.0216. The van der Waals surface area contributed by atoms with Crippen LogP contribution < -0.4 is 11.2 Å². The summed E-state index contributed by atoms with van der Waals surface area (Å²) in [5.74, 6) is 0.699. The van der Waals surface area contributed by atoms with Gasteiger partial charge in [0.2, 0.25) is 0 Å². The molecule has 1 aliphatic heterocycles. The minimum absolute atomic E-state index is 0.00681. The Morgan fingerprint density at radius 1 is 1.19 bits per heavy atom. The van der Waals surface area contributed by atoms with Crippen LogP contribution in [0.15, 0.2) is 34.1 Å². The van der Waals surface area contributed by atoms with Gasteiger partial charge < -0.3 is 24.7 Å². The van der Waals surface area contributed by atoms with Gasteiger partial charge in [-0.15, -0.1) is 0 Å². The van der Waals surface area contributed by atoms with Crippen molar-refractivity contribution in [3.63, 3.8) is 0 Å². The lowest BCUT2D eigenvalue weighted by Crippen LogP contribution is -2.44. The number of imidazole rings is 2.